The number of benzene rings is 2. The summed E-state index contributed by atoms with van der Waals surface area (Å²) in [7, 11) is 1.81. The fourth-order valence-corrected chi connectivity index (χ4v) is 2.67. The lowest BCUT2D eigenvalue weighted by Gasteiger charge is -2.18. The third-order valence-corrected chi connectivity index (χ3v) is 4.05. The Hall–Kier alpha value is -3.72. The first kappa shape index (κ1) is 18.1. The summed E-state index contributed by atoms with van der Waals surface area (Å²) in [5.74, 6) is -0.119. The molecule has 1 amide bonds. The second kappa shape index (κ2) is 8.11. The molecule has 0 radical (unpaired) electrons. The first-order valence-corrected chi connectivity index (χ1v) is 8.28. The molecule has 0 saturated carbocycles. The number of rotatable bonds is 5. The minimum atomic E-state index is -0.584. The van der Waals surface area contributed by atoms with Crippen molar-refractivity contribution in [3.05, 3.63) is 95.3 Å². The van der Waals surface area contributed by atoms with Gasteiger partial charge >= 0.3 is 0 Å². The average Bonchev–Trinajstić information content (AvgIpc) is 3.10. The molecule has 3 rings (SSSR count). The van der Waals surface area contributed by atoms with E-state index in [1.54, 1.807) is 59.4 Å². The highest BCUT2D eigenvalue weighted by molar-refractivity contribution is 5.92. The highest BCUT2D eigenvalue weighted by atomic mass is 19.1. The van der Waals surface area contributed by atoms with Crippen molar-refractivity contribution in [2.45, 2.75) is 6.04 Å². The van der Waals surface area contributed by atoms with Gasteiger partial charge in [-0.2, -0.15) is 5.26 Å². The molecular formula is C21H17FN4O. The van der Waals surface area contributed by atoms with Gasteiger partial charge in [-0.1, -0.05) is 24.3 Å². The highest BCUT2D eigenvalue weighted by Crippen LogP contribution is 2.21. The number of hydrogen-bond acceptors (Lipinski definition) is 3. The van der Waals surface area contributed by atoms with E-state index in [1.165, 1.54) is 18.2 Å². The number of halogens is 1. The zero-order valence-electron chi connectivity index (χ0n) is 14.6. The molecule has 1 N–H and O–H groups in total. The van der Waals surface area contributed by atoms with Gasteiger partial charge in [-0.3, -0.25) is 4.79 Å². The summed E-state index contributed by atoms with van der Waals surface area (Å²) in [6.45, 7) is 0. The minimum absolute atomic E-state index is 0.336. The summed E-state index contributed by atoms with van der Waals surface area (Å²) in [5.41, 5.74) is 1.95. The van der Waals surface area contributed by atoms with Crippen molar-refractivity contribution in [1.82, 2.24) is 14.9 Å². The van der Waals surface area contributed by atoms with Crippen molar-refractivity contribution >= 4 is 12.0 Å². The fraction of sp³-hybridized carbons (Fsp3) is 0.0952. The Balaban J connectivity index is 1.81. The van der Waals surface area contributed by atoms with Crippen LogP contribution in [0.3, 0.4) is 0 Å². The number of aromatic nitrogens is 2. The van der Waals surface area contributed by atoms with E-state index in [4.69, 9.17) is 5.26 Å². The van der Waals surface area contributed by atoms with Crippen LogP contribution in [0.15, 0.2) is 67.0 Å². The summed E-state index contributed by atoms with van der Waals surface area (Å²) in [5, 5.41) is 11.7. The lowest BCUT2D eigenvalue weighted by molar-refractivity contribution is -0.117. The second-order valence-electron chi connectivity index (χ2n) is 5.96. The second-order valence-corrected chi connectivity index (χ2v) is 5.96. The number of carbonyl (C=O) groups excluding carboxylic acids is 1. The average molecular weight is 360 g/mol. The maximum absolute atomic E-state index is 13.7. The number of nitrogens with zero attached hydrogens (tertiary/aromatic N) is 3. The molecule has 1 atom stereocenters. The van der Waals surface area contributed by atoms with E-state index in [2.05, 4.69) is 10.3 Å². The Bertz CT molecular complexity index is 1020. The van der Waals surface area contributed by atoms with Crippen LogP contribution in [0, 0.1) is 17.1 Å². The van der Waals surface area contributed by atoms with Crippen LogP contribution in [-0.2, 0) is 11.8 Å². The Morgan fingerprint density at radius 2 is 2.07 bits per heavy atom. The molecule has 1 heterocycles. The number of carbonyl (C=O) groups is 1. The third kappa shape index (κ3) is 4.47. The maximum atomic E-state index is 13.7. The lowest BCUT2D eigenvalue weighted by Crippen LogP contribution is -2.29. The first-order chi connectivity index (χ1) is 13.1. The summed E-state index contributed by atoms with van der Waals surface area (Å²) >= 11 is 0. The van der Waals surface area contributed by atoms with E-state index in [9.17, 15) is 9.18 Å². The molecular weight excluding hydrogens is 343 g/mol. The molecule has 6 heteroatoms. The fourth-order valence-electron chi connectivity index (χ4n) is 2.67. The molecule has 134 valence electrons. The summed E-state index contributed by atoms with van der Waals surface area (Å²) in [6, 6.07) is 14.4. The van der Waals surface area contributed by atoms with Crippen LogP contribution in [0.5, 0.6) is 0 Å². The summed E-state index contributed by atoms with van der Waals surface area (Å²) in [6.07, 6.45) is 6.44. The smallest absolute Gasteiger partial charge is 0.244 e. The SMILES string of the molecule is Cn1ccnc1C(NC(=O)/C=C/c1ccc(C#N)cc1)c1cccc(F)c1. The molecule has 5 nitrogen and oxygen atoms in total. The van der Waals surface area contributed by atoms with E-state index < -0.39 is 6.04 Å². The van der Waals surface area contributed by atoms with Crippen molar-refractivity contribution in [2.75, 3.05) is 0 Å². The van der Waals surface area contributed by atoms with Crippen LogP contribution in [0.4, 0.5) is 4.39 Å². The van der Waals surface area contributed by atoms with Crippen LogP contribution in [0.2, 0.25) is 0 Å². The molecule has 0 bridgehead atoms. The monoisotopic (exact) mass is 360 g/mol. The van der Waals surface area contributed by atoms with E-state index in [0.717, 1.165) is 5.56 Å². The Morgan fingerprint density at radius 3 is 2.70 bits per heavy atom. The van der Waals surface area contributed by atoms with Crippen LogP contribution in [0.1, 0.15) is 28.6 Å². The van der Waals surface area contributed by atoms with Crippen molar-refractivity contribution in [1.29, 1.82) is 5.26 Å². The maximum Gasteiger partial charge on any atom is 0.244 e. The molecule has 0 spiro atoms. The van der Waals surface area contributed by atoms with Gasteiger partial charge in [-0.15, -0.1) is 0 Å². The number of imidazole rings is 1. The first-order valence-electron chi connectivity index (χ1n) is 8.28. The number of nitriles is 1. The Labute approximate surface area is 156 Å². The summed E-state index contributed by atoms with van der Waals surface area (Å²) < 4.78 is 15.4. The van der Waals surface area contributed by atoms with Gasteiger partial charge in [0.15, 0.2) is 0 Å². The largest absolute Gasteiger partial charge is 0.339 e. The molecule has 0 aliphatic rings. The number of nitrogens with one attached hydrogen (secondary N) is 1. The van der Waals surface area contributed by atoms with Crippen molar-refractivity contribution in [3.8, 4) is 6.07 Å². The van der Waals surface area contributed by atoms with Gasteiger partial charge in [0.2, 0.25) is 5.91 Å². The zero-order chi connectivity index (χ0) is 19.2. The zero-order valence-corrected chi connectivity index (χ0v) is 14.6. The quantitative estimate of drug-likeness (QED) is 0.710. The lowest BCUT2D eigenvalue weighted by atomic mass is 10.1. The molecule has 0 aliphatic heterocycles. The van der Waals surface area contributed by atoms with Crippen LogP contribution >= 0.6 is 0 Å². The molecule has 0 saturated heterocycles. The van der Waals surface area contributed by atoms with E-state index >= 15 is 0 Å². The number of amides is 1. The van der Waals surface area contributed by atoms with Gasteiger partial charge in [0, 0.05) is 25.5 Å². The van der Waals surface area contributed by atoms with E-state index in [1.807, 2.05) is 13.1 Å². The third-order valence-electron chi connectivity index (χ3n) is 4.05. The predicted octanol–water partition coefficient (Wildman–Crippen LogP) is 3.35. The van der Waals surface area contributed by atoms with Crippen LogP contribution in [-0.4, -0.2) is 15.5 Å². The Kier molecular flexibility index (Phi) is 5.43. The normalized spacial score (nSPS) is 11.9. The van der Waals surface area contributed by atoms with Gasteiger partial charge in [-0.05, 0) is 41.5 Å². The Morgan fingerprint density at radius 1 is 1.30 bits per heavy atom. The molecule has 27 heavy (non-hydrogen) atoms. The van der Waals surface area contributed by atoms with Crippen LogP contribution < -0.4 is 5.32 Å². The molecule has 0 aliphatic carbocycles. The summed E-state index contributed by atoms with van der Waals surface area (Å²) in [4.78, 5) is 16.7. The van der Waals surface area contributed by atoms with Gasteiger partial charge < -0.3 is 9.88 Å². The van der Waals surface area contributed by atoms with Gasteiger partial charge in [0.1, 0.15) is 17.7 Å². The molecule has 1 unspecified atom stereocenters. The topological polar surface area (TPSA) is 70.7 Å². The number of aryl methyl sites for hydroxylation is 1. The van der Waals surface area contributed by atoms with Crippen molar-refractivity contribution < 1.29 is 9.18 Å². The molecule has 0 fully saturated rings. The predicted molar refractivity (Wildman–Crippen MR) is 99.8 cm³/mol. The van der Waals surface area contributed by atoms with Gasteiger partial charge in [0.05, 0.1) is 11.6 Å². The molecule has 2 aromatic carbocycles. The van der Waals surface area contributed by atoms with E-state index in [-0.39, 0.29) is 11.7 Å². The van der Waals surface area contributed by atoms with Crippen molar-refractivity contribution in [2.24, 2.45) is 7.05 Å². The minimum Gasteiger partial charge on any atom is -0.339 e. The van der Waals surface area contributed by atoms with Crippen molar-refractivity contribution in [3.63, 3.8) is 0 Å². The van der Waals surface area contributed by atoms with Crippen LogP contribution in [0.25, 0.3) is 6.08 Å². The standard InChI is InChI=1S/C21H17FN4O/c1-26-12-11-24-21(26)20(17-3-2-4-18(22)13-17)25-19(27)10-9-15-5-7-16(14-23)8-6-15/h2-13,20H,1H3,(H,25,27)/b10-9+. The number of hydrogen-bond donors (Lipinski definition) is 1. The highest BCUT2D eigenvalue weighted by Gasteiger charge is 2.20. The molecule has 1 aromatic heterocycles. The van der Waals surface area contributed by atoms with Gasteiger partial charge in [-0.25, -0.2) is 9.37 Å². The van der Waals surface area contributed by atoms with Gasteiger partial charge in [0.25, 0.3) is 0 Å². The molecule has 3 aromatic rings. The van der Waals surface area contributed by atoms with E-state index in [0.29, 0.717) is 17.0 Å².